The van der Waals surface area contributed by atoms with Gasteiger partial charge in [-0.1, -0.05) is 64.6 Å². The highest BCUT2D eigenvalue weighted by Crippen LogP contribution is 2.35. The van der Waals surface area contributed by atoms with Crippen molar-refractivity contribution >= 4 is 60.5 Å². The molecule has 9 heteroatoms. The first-order chi connectivity index (χ1) is 13.9. The number of fused-ring (bicyclic) bond motifs is 1. The van der Waals surface area contributed by atoms with Gasteiger partial charge in [-0.3, -0.25) is 19.8 Å². The van der Waals surface area contributed by atoms with Crippen LogP contribution in [0.2, 0.25) is 5.02 Å². The summed E-state index contributed by atoms with van der Waals surface area (Å²) >= 11 is 8.47. The molecule has 0 N–H and O–H groups in total. The first-order valence-corrected chi connectivity index (χ1v) is 10.6. The van der Waals surface area contributed by atoms with Gasteiger partial charge >= 0.3 is 5.00 Å². The Hall–Kier alpha value is -2.81. The van der Waals surface area contributed by atoms with Gasteiger partial charge in [0.1, 0.15) is 0 Å². The third kappa shape index (κ3) is 3.87. The zero-order valence-corrected chi connectivity index (χ0v) is 17.6. The Morgan fingerprint density at radius 1 is 1.14 bits per heavy atom. The van der Waals surface area contributed by atoms with Crippen molar-refractivity contribution in [1.29, 1.82) is 0 Å². The molecule has 2 heterocycles. The maximum atomic E-state index is 13.3. The molecule has 0 aliphatic carbocycles. The van der Waals surface area contributed by atoms with Crippen LogP contribution in [-0.2, 0) is 6.54 Å². The molecule has 4 rings (SSSR count). The summed E-state index contributed by atoms with van der Waals surface area (Å²) in [4.78, 5) is 30.3. The topological polar surface area (TPSA) is 76.3 Å². The molecule has 0 spiro atoms. The number of hydrogen-bond acceptors (Lipinski definition) is 6. The van der Waals surface area contributed by atoms with Crippen LogP contribution in [0.1, 0.15) is 20.8 Å². The Kier molecular flexibility index (Phi) is 5.31. The number of carbonyl (C=O) groups is 1. The van der Waals surface area contributed by atoms with E-state index in [0.717, 1.165) is 32.7 Å². The molecule has 4 aromatic rings. The van der Waals surface area contributed by atoms with Gasteiger partial charge in [0.25, 0.3) is 5.91 Å². The molecular weight excluding hydrogens is 430 g/mol. The zero-order chi connectivity index (χ0) is 20.5. The van der Waals surface area contributed by atoms with Gasteiger partial charge < -0.3 is 0 Å². The lowest BCUT2D eigenvalue weighted by Gasteiger charge is -2.19. The van der Waals surface area contributed by atoms with E-state index in [1.807, 2.05) is 49.4 Å². The minimum Gasteiger partial charge on any atom is -0.279 e. The van der Waals surface area contributed by atoms with Crippen LogP contribution in [0.15, 0.2) is 54.6 Å². The van der Waals surface area contributed by atoms with E-state index >= 15 is 0 Å². The van der Waals surface area contributed by atoms with Crippen LogP contribution in [0, 0.1) is 17.0 Å². The summed E-state index contributed by atoms with van der Waals surface area (Å²) < 4.78 is 0.921. The van der Waals surface area contributed by atoms with E-state index in [1.54, 1.807) is 4.90 Å². The third-order valence-electron chi connectivity index (χ3n) is 4.38. The van der Waals surface area contributed by atoms with E-state index in [-0.39, 0.29) is 10.9 Å². The molecular formula is C20H14ClN3O3S2. The molecule has 0 fully saturated rings. The number of nitro groups is 1. The van der Waals surface area contributed by atoms with Crippen molar-refractivity contribution in [2.45, 2.75) is 13.5 Å². The second-order valence-corrected chi connectivity index (χ2v) is 8.77. The third-order valence-corrected chi connectivity index (χ3v) is 6.86. The Bertz CT molecular complexity index is 1220. The van der Waals surface area contributed by atoms with Gasteiger partial charge in [-0.25, -0.2) is 4.98 Å². The number of nitrogens with zero attached hydrogens (tertiary/aromatic N) is 3. The van der Waals surface area contributed by atoms with Gasteiger partial charge in [0.05, 0.1) is 26.6 Å². The Morgan fingerprint density at radius 3 is 2.59 bits per heavy atom. The highest BCUT2D eigenvalue weighted by molar-refractivity contribution is 7.22. The van der Waals surface area contributed by atoms with Crippen molar-refractivity contribution < 1.29 is 9.72 Å². The van der Waals surface area contributed by atoms with E-state index in [4.69, 9.17) is 11.6 Å². The lowest BCUT2D eigenvalue weighted by molar-refractivity contribution is -0.380. The summed E-state index contributed by atoms with van der Waals surface area (Å²) in [6.45, 7) is 2.19. The lowest BCUT2D eigenvalue weighted by Crippen LogP contribution is -2.29. The van der Waals surface area contributed by atoms with Gasteiger partial charge in [-0.05, 0) is 36.2 Å². The fourth-order valence-electron chi connectivity index (χ4n) is 2.87. The summed E-state index contributed by atoms with van der Waals surface area (Å²) in [6, 6.07) is 16.1. The minimum absolute atomic E-state index is 0.0695. The smallest absolute Gasteiger partial charge is 0.279 e. The zero-order valence-electron chi connectivity index (χ0n) is 15.2. The normalized spacial score (nSPS) is 11.0. The minimum atomic E-state index is -0.494. The average molecular weight is 444 g/mol. The molecule has 29 heavy (non-hydrogen) atoms. The van der Waals surface area contributed by atoms with Crippen molar-refractivity contribution in [3.05, 3.63) is 85.7 Å². The summed E-state index contributed by atoms with van der Waals surface area (Å²) in [5.41, 5.74) is 2.53. The maximum Gasteiger partial charge on any atom is 0.324 e. The number of carbonyl (C=O) groups excluding carboxylic acids is 1. The van der Waals surface area contributed by atoms with E-state index in [1.165, 1.54) is 23.5 Å². The number of aromatic nitrogens is 1. The SMILES string of the molecule is Cc1c(Cl)ccc2sc(N(Cc3ccccc3)C(=O)c3ccc([N+](=O)[O-])s3)nc12. The van der Waals surface area contributed by atoms with Crippen LogP contribution in [0.4, 0.5) is 10.1 Å². The first-order valence-electron chi connectivity index (χ1n) is 8.59. The number of thiophene rings is 1. The summed E-state index contributed by atoms with van der Waals surface area (Å²) in [7, 11) is 0. The van der Waals surface area contributed by atoms with Crippen molar-refractivity contribution in [2.24, 2.45) is 0 Å². The predicted molar refractivity (Wildman–Crippen MR) is 117 cm³/mol. The number of aryl methyl sites for hydroxylation is 1. The van der Waals surface area contributed by atoms with Gasteiger partial charge in [0.15, 0.2) is 5.13 Å². The van der Waals surface area contributed by atoms with Gasteiger partial charge in [0.2, 0.25) is 0 Å². The molecule has 0 unspecified atom stereocenters. The van der Waals surface area contributed by atoms with Crippen molar-refractivity contribution in [1.82, 2.24) is 4.98 Å². The molecule has 0 radical (unpaired) electrons. The summed E-state index contributed by atoms with van der Waals surface area (Å²) in [5, 5.41) is 12.1. The highest BCUT2D eigenvalue weighted by atomic mass is 35.5. The van der Waals surface area contributed by atoms with E-state index < -0.39 is 4.92 Å². The predicted octanol–water partition coefficient (Wildman–Crippen LogP) is 6.07. The molecule has 0 atom stereocenters. The average Bonchev–Trinajstić information content (AvgIpc) is 3.37. The number of anilines is 1. The Morgan fingerprint density at radius 2 is 1.90 bits per heavy atom. The number of benzene rings is 2. The van der Waals surface area contributed by atoms with Crippen molar-refractivity contribution in [2.75, 3.05) is 4.90 Å². The summed E-state index contributed by atoms with van der Waals surface area (Å²) in [6.07, 6.45) is 0. The molecule has 2 aromatic carbocycles. The van der Waals surface area contributed by atoms with E-state index in [0.29, 0.717) is 21.6 Å². The standard InChI is InChI=1S/C20H14ClN3O3S2/c1-12-14(21)7-8-15-18(12)22-20(29-15)23(11-13-5-3-2-4-6-13)19(25)16-9-10-17(28-16)24(26)27/h2-10H,11H2,1H3. The molecule has 6 nitrogen and oxygen atoms in total. The number of hydrogen-bond donors (Lipinski definition) is 0. The summed E-state index contributed by atoms with van der Waals surface area (Å²) in [5.74, 6) is -0.324. The lowest BCUT2D eigenvalue weighted by atomic mass is 10.2. The number of rotatable bonds is 5. The van der Waals surface area contributed by atoms with Crippen LogP contribution in [0.5, 0.6) is 0 Å². The first kappa shape index (κ1) is 19.5. The number of halogens is 1. The second-order valence-electron chi connectivity index (χ2n) is 6.29. The van der Waals surface area contributed by atoms with Gasteiger partial charge in [0, 0.05) is 11.1 Å². The molecule has 1 amide bonds. The molecule has 2 aromatic heterocycles. The Balaban J connectivity index is 1.78. The van der Waals surface area contributed by atoms with Gasteiger partial charge in [-0.2, -0.15) is 0 Å². The van der Waals surface area contributed by atoms with Crippen LogP contribution >= 0.6 is 34.3 Å². The molecule has 0 saturated heterocycles. The maximum absolute atomic E-state index is 13.3. The fraction of sp³-hybridized carbons (Fsp3) is 0.100. The molecule has 146 valence electrons. The molecule has 0 bridgehead atoms. The van der Waals surface area contributed by atoms with E-state index in [2.05, 4.69) is 4.98 Å². The number of thiazole rings is 1. The second kappa shape index (κ2) is 7.90. The monoisotopic (exact) mass is 443 g/mol. The van der Waals surface area contributed by atoms with Crippen molar-refractivity contribution in [3.63, 3.8) is 0 Å². The fourth-order valence-corrected chi connectivity index (χ4v) is 4.82. The quantitative estimate of drug-likeness (QED) is 0.277. The largest absolute Gasteiger partial charge is 0.324 e. The Labute approximate surface area is 179 Å². The van der Waals surface area contributed by atoms with Crippen molar-refractivity contribution in [3.8, 4) is 0 Å². The van der Waals surface area contributed by atoms with Crippen LogP contribution < -0.4 is 4.90 Å². The van der Waals surface area contributed by atoms with Crippen LogP contribution in [-0.4, -0.2) is 15.8 Å². The molecule has 0 aliphatic heterocycles. The van der Waals surface area contributed by atoms with Crippen LogP contribution in [0.3, 0.4) is 0 Å². The van der Waals surface area contributed by atoms with Crippen LogP contribution in [0.25, 0.3) is 10.2 Å². The van der Waals surface area contributed by atoms with E-state index in [9.17, 15) is 14.9 Å². The highest BCUT2D eigenvalue weighted by Gasteiger charge is 2.25. The number of amides is 1. The molecule has 0 aliphatic rings. The molecule has 0 saturated carbocycles. The van der Waals surface area contributed by atoms with Gasteiger partial charge in [-0.15, -0.1) is 0 Å².